The third kappa shape index (κ3) is 4.35. The van der Waals surface area contributed by atoms with Crippen LogP contribution in [0.2, 0.25) is 0 Å². The summed E-state index contributed by atoms with van der Waals surface area (Å²) in [4.78, 5) is 18.8. The van der Waals surface area contributed by atoms with Crippen LogP contribution in [0.3, 0.4) is 0 Å². The molecule has 0 aliphatic carbocycles. The molecule has 1 aromatic carbocycles. The van der Waals surface area contributed by atoms with E-state index in [-0.39, 0.29) is 18.4 Å². The van der Waals surface area contributed by atoms with Gasteiger partial charge in [0.15, 0.2) is 12.4 Å². The molecular formula is C18H20N4O3. The average molecular weight is 340 g/mol. The van der Waals surface area contributed by atoms with E-state index in [2.05, 4.69) is 10.1 Å². The largest absolute Gasteiger partial charge is 0.479 e. The van der Waals surface area contributed by atoms with E-state index in [1.807, 2.05) is 23.1 Å². The maximum Gasteiger partial charge on any atom is 0.227 e. The van der Waals surface area contributed by atoms with Gasteiger partial charge in [0.05, 0.1) is 6.42 Å². The van der Waals surface area contributed by atoms with E-state index in [9.17, 15) is 4.79 Å². The van der Waals surface area contributed by atoms with Crippen LogP contribution in [-0.4, -0.2) is 40.6 Å². The molecule has 3 rings (SSSR count). The van der Waals surface area contributed by atoms with E-state index in [1.54, 1.807) is 19.1 Å². The molecule has 130 valence electrons. The number of carbonyl (C=O) groups is 1. The molecule has 1 saturated heterocycles. The molecule has 0 saturated carbocycles. The summed E-state index contributed by atoms with van der Waals surface area (Å²) < 4.78 is 10.3. The molecule has 1 aromatic heterocycles. The Kier molecular flexibility index (Phi) is 5.29. The molecule has 7 nitrogen and oxygen atoms in total. The minimum absolute atomic E-state index is 0.0169. The lowest BCUT2D eigenvalue weighted by molar-refractivity contribution is -0.131. The minimum Gasteiger partial charge on any atom is -0.479 e. The summed E-state index contributed by atoms with van der Waals surface area (Å²) in [6.07, 6.45) is 2.25. The normalized spacial score (nSPS) is 17.1. The number of benzene rings is 1. The zero-order valence-electron chi connectivity index (χ0n) is 14.1. The summed E-state index contributed by atoms with van der Waals surface area (Å²) in [6.45, 7) is 3.17. The van der Waals surface area contributed by atoms with Crippen molar-refractivity contribution in [2.24, 2.45) is 0 Å². The third-order valence-electron chi connectivity index (χ3n) is 4.26. The van der Waals surface area contributed by atoms with Gasteiger partial charge < -0.3 is 14.2 Å². The average Bonchev–Trinajstić information content (AvgIpc) is 3.08. The highest BCUT2D eigenvalue weighted by Crippen LogP contribution is 2.25. The van der Waals surface area contributed by atoms with Gasteiger partial charge in [0.25, 0.3) is 0 Å². The maximum atomic E-state index is 12.6. The van der Waals surface area contributed by atoms with Gasteiger partial charge in [0.2, 0.25) is 11.8 Å². The molecular weight excluding hydrogens is 320 g/mol. The number of hydrogen-bond acceptors (Lipinski definition) is 6. The number of carbonyl (C=O) groups excluding carboxylic acids is 1. The van der Waals surface area contributed by atoms with E-state index in [1.165, 1.54) is 0 Å². The van der Waals surface area contributed by atoms with Crippen LogP contribution >= 0.6 is 0 Å². The van der Waals surface area contributed by atoms with Crippen molar-refractivity contribution in [1.29, 1.82) is 5.26 Å². The molecule has 2 aromatic rings. The van der Waals surface area contributed by atoms with Gasteiger partial charge in [-0.25, -0.2) is 0 Å². The number of nitriles is 1. The third-order valence-corrected chi connectivity index (χ3v) is 4.26. The second-order valence-electron chi connectivity index (χ2n) is 6.12. The van der Waals surface area contributed by atoms with Crippen LogP contribution in [0.5, 0.6) is 5.75 Å². The van der Waals surface area contributed by atoms with Crippen molar-refractivity contribution in [1.82, 2.24) is 15.0 Å². The first-order valence-electron chi connectivity index (χ1n) is 8.32. The molecule has 0 radical (unpaired) electrons. The van der Waals surface area contributed by atoms with Crippen molar-refractivity contribution in [3.63, 3.8) is 0 Å². The zero-order chi connectivity index (χ0) is 17.6. The molecule has 1 aliphatic rings. The van der Waals surface area contributed by atoms with Crippen LogP contribution in [0, 0.1) is 18.3 Å². The Bertz CT molecular complexity index is 763. The Morgan fingerprint density at radius 2 is 2.24 bits per heavy atom. The van der Waals surface area contributed by atoms with Crippen LogP contribution < -0.4 is 4.74 Å². The molecule has 1 fully saturated rings. The molecule has 1 atom stereocenters. The summed E-state index contributed by atoms with van der Waals surface area (Å²) in [5.41, 5.74) is 0.923. The minimum atomic E-state index is 0.0169. The summed E-state index contributed by atoms with van der Waals surface area (Å²) in [5.74, 6) is 2.10. The first-order valence-corrected chi connectivity index (χ1v) is 8.32. The van der Waals surface area contributed by atoms with Gasteiger partial charge >= 0.3 is 0 Å². The van der Waals surface area contributed by atoms with E-state index in [4.69, 9.17) is 14.5 Å². The molecule has 0 bridgehead atoms. The Morgan fingerprint density at radius 1 is 1.44 bits per heavy atom. The summed E-state index contributed by atoms with van der Waals surface area (Å²) in [6, 6.07) is 9.19. The first-order chi connectivity index (χ1) is 12.2. The van der Waals surface area contributed by atoms with Crippen molar-refractivity contribution in [2.75, 3.05) is 19.7 Å². The molecule has 0 N–H and O–H groups in total. The van der Waals surface area contributed by atoms with Gasteiger partial charge in [0.1, 0.15) is 11.8 Å². The highest BCUT2D eigenvalue weighted by atomic mass is 16.5. The summed E-state index contributed by atoms with van der Waals surface area (Å²) >= 11 is 0. The highest BCUT2D eigenvalue weighted by Gasteiger charge is 2.27. The Morgan fingerprint density at radius 3 is 2.92 bits per heavy atom. The van der Waals surface area contributed by atoms with Crippen LogP contribution in [0.4, 0.5) is 0 Å². The maximum absolute atomic E-state index is 12.6. The fourth-order valence-corrected chi connectivity index (χ4v) is 3.00. The van der Waals surface area contributed by atoms with Crippen LogP contribution in [0.1, 0.15) is 36.0 Å². The number of nitrogens with zero attached hydrogens (tertiary/aromatic N) is 4. The van der Waals surface area contributed by atoms with Gasteiger partial charge in [-0.3, -0.25) is 4.79 Å². The SMILES string of the molecule is Cc1nc([C@H]2CCCN(C(=O)Cc3ccc(OCC#N)cc3)C2)no1. The standard InChI is InChI=1S/C18H20N4O3/c1-13-20-18(21-25-13)15-3-2-9-22(12-15)17(23)11-14-4-6-16(7-5-14)24-10-8-19/h4-7,15H,2-3,9-12H2,1H3/t15-/m0/s1. The van der Waals surface area contributed by atoms with Gasteiger partial charge in [0, 0.05) is 25.9 Å². The lowest BCUT2D eigenvalue weighted by Crippen LogP contribution is -2.40. The topological polar surface area (TPSA) is 92.2 Å². The van der Waals surface area contributed by atoms with Crippen LogP contribution in [0.25, 0.3) is 0 Å². The number of aryl methyl sites for hydroxylation is 1. The monoisotopic (exact) mass is 340 g/mol. The Hall–Kier alpha value is -2.88. The zero-order valence-corrected chi connectivity index (χ0v) is 14.1. The number of likely N-dealkylation sites (tertiary alicyclic amines) is 1. The van der Waals surface area contributed by atoms with Crippen molar-refractivity contribution in [3.05, 3.63) is 41.5 Å². The van der Waals surface area contributed by atoms with E-state index in [0.29, 0.717) is 30.4 Å². The highest BCUT2D eigenvalue weighted by molar-refractivity contribution is 5.79. The quantitative estimate of drug-likeness (QED) is 0.829. The fourth-order valence-electron chi connectivity index (χ4n) is 3.00. The number of amides is 1. The molecule has 25 heavy (non-hydrogen) atoms. The smallest absolute Gasteiger partial charge is 0.227 e. The predicted octanol–water partition coefficient (Wildman–Crippen LogP) is 2.23. The molecule has 1 amide bonds. The molecule has 7 heteroatoms. The number of hydrogen-bond donors (Lipinski definition) is 0. The first kappa shape index (κ1) is 17.0. The molecule has 0 unspecified atom stereocenters. The van der Waals surface area contributed by atoms with Crippen LogP contribution in [0.15, 0.2) is 28.8 Å². The lowest BCUT2D eigenvalue weighted by atomic mass is 9.97. The number of ether oxygens (including phenoxy) is 1. The molecule has 1 aliphatic heterocycles. The van der Waals surface area contributed by atoms with Crippen molar-refractivity contribution in [3.8, 4) is 11.8 Å². The Labute approximate surface area is 146 Å². The van der Waals surface area contributed by atoms with Gasteiger partial charge in [-0.15, -0.1) is 0 Å². The van der Waals surface area contributed by atoms with Gasteiger partial charge in [-0.05, 0) is 30.5 Å². The molecule has 0 spiro atoms. The van der Waals surface area contributed by atoms with Crippen molar-refractivity contribution < 1.29 is 14.1 Å². The number of rotatable bonds is 5. The second kappa shape index (κ2) is 7.79. The van der Waals surface area contributed by atoms with E-state index < -0.39 is 0 Å². The van der Waals surface area contributed by atoms with Crippen molar-refractivity contribution in [2.45, 2.75) is 32.1 Å². The fraction of sp³-hybridized carbons (Fsp3) is 0.444. The van der Waals surface area contributed by atoms with E-state index >= 15 is 0 Å². The number of piperidine rings is 1. The lowest BCUT2D eigenvalue weighted by Gasteiger charge is -2.31. The van der Waals surface area contributed by atoms with E-state index in [0.717, 1.165) is 24.9 Å². The van der Waals surface area contributed by atoms with Gasteiger partial charge in [-0.2, -0.15) is 10.2 Å². The summed E-state index contributed by atoms with van der Waals surface area (Å²) in [7, 11) is 0. The van der Waals surface area contributed by atoms with Crippen molar-refractivity contribution >= 4 is 5.91 Å². The van der Waals surface area contributed by atoms with Gasteiger partial charge in [-0.1, -0.05) is 17.3 Å². The predicted molar refractivity (Wildman–Crippen MR) is 88.8 cm³/mol. The molecule has 2 heterocycles. The summed E-state index contributed by atoms with van der Waals surface area (Å²) in [5, 5.41) is 12.5. The number of aromatic nitrogens is 2. The second-order valence-corrected chi connectivity index (χ2v) is 6.12. The van der Waals surface area contributed by atoms with Crippen LogP contribution in [-0.2, 0) is 11.2 Å². The Balaban J connectivity index is 1.58.